The minimum Gasteiger partial charge on any atom is -0.355 e. The molecule has 9 nitrogen and oxygen atoms in total. The molecule has 7 heterocycles. The summed E-state index contributed by atoms with van der Waals surface area (Å²) in [6.07, 6.45) is 6.36. The maximum Gasteiger partial charge on any atom is 0.180 e. The molecule has 1 N–H and O–H groups in total. The predicted octanol–water partition coefficient (Wildman–Crippen LogP) is 34.5. The normalized spacial score (nSPS) is 13.0. The molecule has 19 rings (SSSR count). The molecule has 698 valence electrons. The minimum absolute atomic E-state index is 0.0673. The molecular formula is C124H129F4N9. The lowest BCUT2D eigenvalue weighted by Gasteiger charge is -2.30. The molecule has 0 bridgehead atoms. The van der Waals surface area contributed by atoms with Crippen molar-refractivity contribution in [3.63, 3.8) is 0 Å². The summed E-state index contributed by atoms with van der Waals surface area (Å²) < 4.78 is 64.1. The van der Waals surface area contributed by atoms with Crippen LogP contribution < -0.4 is 0 Å². The van der Waals surface area contributed by atoms with Gasteiger partial charge in [-0.05, 0) is 267 Å². The third-order valence-corrected chi connectivity index (χ3v) is 28.0. The molecule has 0 aliphatic heterocycles. The number of halogens is 4. The fraction of sp³-hybridized carbons (Fsp3) is 0.323. The molecule has 0 spiro atoms. The molecule has 0 fully saturated rings. The Morgan fingerprint density at radius 2 is 0.401 bits per heavy atom. The smallest absolute Gasteiger partial charge is 0.180 e. The number of nitrogens with zero attached hydrogens (tertiary/aromatic N) is 8. The van der Waals surface area contributed by atoms with Crippen molar-refractivity contribution in [1.29, 1.82) is 10.5 Å². The zero-order chi connectivity index (χ0) is 99.1. The van der Waals surface area contributed by atoms with Gasteiger partial charge in [0.1, 0.15) is 23.3 Å². The fourth-order valence-corrected chi connectivity index (χ4v) is 19.6. The van der Waals surface area contributed by atoms with Crippen LogP contribution in [-0.2, 0) is 54.1 Å². The summed E-state index contributed by atoms with van der Waals surface area (Å²) in [6.45, 7) is 69.2. The average Bonchev–Trinajstić information content (AvgIpc) is 1.27. The summed E-state index contributed by atoms with van der Waals surface area (Å²) in [6, 6.07) is 82.0. The second kappa shape index (κ2) is 33.2. The van der Waals surface area contributed by atoms with Crippen LogP contribution >= 0.6 is 0 Å². The van der Waals surface area contributed by atoms with E-state index in [1.165, 1.54) is 102 Å². The summed E-state index contributed by atoms with van der Waals surface area (Å²) in [5.74, 6) is -6.61. The Balaban J connectivity index is 0.000000272. The molecular weight excluding hydrogens is 1690 g/mol. The number of H-pyrrole nitrogens is 1. The van der Waals surface area contributed by atoms with Crippen LogP contribution in [-0.4, -0.2) is 33.2 Å². The van der Waals surface area contributed by atoms with E-state index < -0.39 is 34.4 Å². The Labute approximate surface area is 805 Å². The van der Waals surface area contributed by atoms with E-state index in [-0.39, 0.29) is 59.7 Å². The van der Waals surface area contributed by atoms with Crippen molar-refractivity contribution >= 4 is 109 Å². The van der Waals surface area contributed by atoms with Gasteiger partial charge in [-0.25, -0.2) is 17.6 Å². The molecule has 12 aromatic carbocycles. The molecule has 0 radical (unpaired) electrons. The highest BCUT2D eigenvalue weighted by Crippen LogP contribution is 2.55. The Morgan fingerprint density at radius 1 is 0.219 bits per heavy atom. The van der Waals surface area contributed by atoms with Gasteiger partial charge in [-0.2, -0.15) is 10.5 Å². The van der Waals surface area contributed by atoms with Gasteiger partial charge in [-0.3, -0.25) is 9.97 Å². The number of pyridine rings is 2. The van der Waals surface area contributed by atoms with E-state index in [0.29, 0.717) is 5.56 Å². The highest BCUT2D eigenvalue weighted by Gasteiger charge is 2.39. The minimum atomic E-state index is -1.71. The van der Waals surface area contributed by atoms with Crippen molar-refractivity contribution in [2.45, 2.75) is 262 Å². The number of hydrogen-bond acceptors (Lipinski definition) is 4. The Kier molecular flexibility index (Phi) is 23.1. The number of hydrogen-bond donors (Lipinski definition) is 1. The van der Waals surface area contributed by atoms with E-state index in [2.05, 4.69) is 436 Å². The summed E-state index contributed by atoms with van der Waals surface area (Å²) in [4.78, 5) is 12.0. The third kappa shape index (κ3) is 16.9. The zero-order valence-corrected chi connectivity index (χ0v) is 85.5. The molecule has 0 saturated carbocycles. The van der Waals surface area contributed by atoms with E-state index in [4.69, 9.17) is 10.2 Å². The van der Waals surface area contributed by atoms with Crippen LogP contribution in [0.15, 0.2) is 231 Å². The first kappa shape index (κ1) is 95.4. The first-order valence-electron chi connectivity index (χ1n) is 48.0. The molecule has 19 aromatic rings. The van der Waals surface area contributed by atoms with Gasteiger partial charge in [0.05, 0.1) is 72.4 Å². The first-order chi connectivity index (χ1) is 63.9. The highest BCUT2D eigenvalue weighted by atomic mass is 19.2. The molecule has 0 atom stereocenters. The van der Waals surface area contributed by atoms with E-state index in [0.717, 1.165) is 127 Å². The first-order valence-corrected chi connectivity index (χ1v) is 48.0. The Hall–Kier alpha value is -13.4. The predicted molar refractivity (Wildman–Crippen MR) is 569 cm³/mol. The van der Waals surface area contributed by atoms with Gasteiger partial charge in [0.15, 0.2) is 23.3 Å². The van der Waals surface area contributed by atoms with Crippen molar-refractivity contribution in [2.75, 3.05) is 0 Å². The molecule has 137 heavy (non-hydrogen) atoms. The molecule has 0 aliphatic rings. The molecule has 0 saturated heterocycles. The average molecular weight is 1820 g/mol. The third-order valence-electron chi connectivity index (χ3n) is 28.0. The fourth-order valence-electron chi connectivity index (χ4n) is 19.6. The van der Waals surface area contributed by atoms with Crippen LogP contribution in [0.4, 0.5) is 17.6 Å². The number of aromatic amines is 1. The maximum atomic E-state index is 13.6. The molecule has 13 heteroatoms. The standard InChI is InChI=1S/C92H100N6.C20H25N.C12H4F4N2/c1-85(2,3)55-25-33-72-63(45-55)64-46-56(86(4,5)6)26-34-73(64)95(72)81-71(53-93)82(96-74-35-27-57(87(7,8)9)47-65(74)66-48-58(88(10,11)12)28-36-75(66)96)84(98-78-39-31-61(91(19,20)21)51-69(78)70-52-62(92(22,23)24)32-40-79(70)98)80(54-41-43-94-44-42-54)83(81)97-76-37-29-59(89(13,14)15)49-67(76)68-50-60(90(16,17)18)30-38-77(68)97;1-19(2,3)13-7-9-17-15(11-13)16-12-14(20(4,5)6)8-10-18(16)21-17;13-9-7(5-17)10(14)12(16)8(11(9)15)6-1-3-18-4-2-6/h25-52H,1-24H3;7-12,21H,1-6H3;1-4H. The number of nitrogens with one attached hydrogen (secondary N) is 1. The second-order valence-electron chi connectivity index (χ2n) is 48.2. The van der Waals surface area contributed by atoms with Crippen molar-refractivity contribution in [3.05, 3.63) is 321 Å². The number of fused-ring (bicyclic) bond motifs is 15. The van der Waals surface area contributed by atoms with Gasteiger partial charge in [0.25, 0.3) is 0 Å². The lowest BCUT2D eigenvalue weighted by Crippen LogP contribution is -2.17. The summed E-state index contributed by atoms with van der Waals surface area (Å²) in [5, 5.41) is 34.0. The summed E-state index contributed by atoms with van der Waals surface area (Å²) in [7, 11) is 0. The van der Waals surface area contributed by atoms with Gasteiger partial charge >= 0.3 is 0 Å². The summed E-state index contributed by atoms with van der Waals surface area (Å²) in [5.41, 5.74) is 26.3. The number of rotatable bonds is 6. The van der Waals surface area contributed by atoms with E-state index in [1.54, 1.807) is 0 Å². The van der Waals surface area contributed by atoms with Gasteiger partial charge in [0, 0.05) is 95.2 Å². The van der Waals surface area contributed by atoms with E-state index in [1.807, 2.05) is 12.4 Å². The van der Waals surface area contributed by atoms with Gasteiger partial charge in [0.2, 0.25) is 0 Å². The van der Waals surface area contributed by atoms with Crippen LogP contribution in [0.2, 0.25) is 0 Å². The second-order valence-corrected chi connectivity index (χ2v) is 48.2. The highest BCUT2D eigenvalue weighted by molar-refractivity contribution is 6.18. The lowest BCUT2D eigenvalue weighted by molar-refractivity contribution is 0.454. The van der Waals surface area contributed by atoms with Crippen molar-refractivity contribution in [2.24, 2.45) is 0 Å². The van der Waals surface area contributed by atoms with Gasteiger partial charge < -0.3 is 23.3 Å². The zero-order valence-electron chi connectivity index (χ0n) is 85.5. The summed E-state index contributed by atoms with van der Waals surface area (Å²) >= 11 is 0. The van der Waals surface area contributed by atoms with Crippen molar-refractivity contribution in [3.8, 4) is 57.1 Å². The SMILES string of the molecule is CC(C)(C)c1ccc2[nH]c3ccc(C(C)(C)C)cc3c2c1.CC(C)(C)c1ccc2c(c1)c1cc(C(C)(C)C)ccc1n2-c1c(C#N)c(-n2c3ccc(C(C)(C)C)cc3c3cc(C(C)(C)C)ccc32)c(-n2c3ccc(C(C)(C)C)cc3c3cc(C(C)(C)C)ccc32)c(-c2ccncc2)c1-n1c2ccc(C(C)(C)C)cc2c2cc(C(C)(C)C)ccc21.N#Cc1c(F)c(F)c(-c2ccncc2)c(F)c1F. The number of benzene rings is 12. The van der Waals surface area contributed by atoms with Gasteiger partial charge in [-0.1, -0.05) is 268 Å². The van der Waals surface area contributed by atoms with E-state index >= 15 is 0 Å². The van der Waals surface area contributed by atoms with Crippen LogP contribution in [0, 0.1) is 45.9 Å². The monoisotopic (exact) mass is 1820 g/mol. The molecule has 0 aliphatic carbocycles. The van der Waals surface area contributed by atoms with Crippen molar-refractivity contribution < 1.29 is 17.6 Å². The molecule has 0 amide bonds. The van der Waals surface area contributed by atoms with Crippen LogP contribution in [0.1, 0.15) is 274 Å². The van der Waals surface area contributed by atoms with Gasteiger partial charge in [-0.15, -0.1) is 0 Å². The molecule has 0 unspecified atom stereocenters. The number of nitriles is 2. The Morgan fingerprint density at radius 3 is 0.599 bits per heavy atom. The molecule has 7 aromatic heterocycles. The largest absolute Gasteiger partial charge is 0.355 e. The topological polar surface area (TPSA) is 109 Å². The van der Waals surface area contributed by atoms with Crippen LogP contribution in [0.3, 0.4) is 0 Å². The maximum absolute atomic E-state index is 13.6. The quantitative estimate of drug-likeness (QED) is 0.132. The van der Waals surface area contributed by atoms with Crippen LogP contribution in [0.5, 0.6) is 0 Å². The van der Waals surface area contributed by atoms with Crippen molar-refractivity contribution in [1.82, 2.24) is 33.2 Å². The Bertz CT molecular complexity index is 7510. The van der Waals surface area contributed by atoms with E-state index in [9.17, 15) is 22.8 Å². The number of aromatic nitrogens is 7. The van der Waals surface area contributed by atoms with Crippen LogP contribution in [0.25, 0.3) is 154 Å². The lowest BCUT2D eigenvalue weighted by atomic mass is 9.85.